The first kappa shape index (κ1) is 19.0. The van der Waals surface area contributed by atoms with Crippen LogP contribution in [-0.2, 0) is 4.79 Å². The molecule has 142 valence electrons. The van der Waals surface area contributed by atoms with E-state index >= 15 is 0 Å². The van der Waals surface area contributed by atoms with Gasteiger partial charge in [0.25, 0.3) is 0 Å². The summed E-state index contributed by atoms with van der Waals surface area (Å²) in [5.41, 5.74) is 1.69. The third-order valence-corrected chi connectivity index (χ3v) is 5.03. The number of methoxy groups -OCH3 is 2. The smallest absolute Gasteiger partial charge is 0.223 e. The predicted molar refractivity (Wildman–Crippen MR) is 103 cm³/mol. The molecule has 0 spiro atoms. The van der Waals surface area contributed by atoms with Crippen LogP contribution in [-0.4, -0.2) is 37.4 Å². The van der Waals surface area contributed by atoms with Crippen molar-refractivity contribution in [3.63, 3.8) is 0 Å². The summed E-state index contributed by atoms with van der Waals surface area (Å²) >= 11 is 0. The largest absolute Gasteiger partial charge is 0.493 e. The molecule has 0 N–H and O–H groups in total. The number of carbonyl (C=O) groups is 2. The minimum atomic E-state index is 0.00538. The molecule has 5 nitrogen and oxygen atoms in total. The Labute approximate surface area is 159 Å². The SMILES string of the molecule is COc1ccc(C2CCCN2C(=O)CCC(=O)c2ccccc2)cc1OC. The van der Waals surface area contributed by atoms with Crippen LogP contribution in [0.25, 0.3) is 0 Å². The number of rotatable bonds is 7. The third-order valence-electron chi connectivity index (χ3n) is 5.03. The van der Waals surface area contributed by atoms with Crippen molar-refractivity contribution in [1.29, 1.82) is 0 Å². The summed E-state index contributed by atoms with van der Waals surface area (Å²) in [5.74, 6) is 1.36. The van der Waals surface area contributed by atoms with Gasteiger partial charge in [-0.05, 0) is 30.5 Å². The van der Waals surface area contributed by atoms with Crippen LogP contribution in [0.4, 0.5) is 0 Å². The van der Waals surface area contributed by atoms with E-state index in [1.165, 1.54) is 0 Å². The summed E-state index contributed by atoms with van der Waals surface area (Å²) in [6.07, 6.45) is 2.33. The van der Waals surface area contributed by atoms with E-state index in [-0.39, 0.29) is 30.6 Å². The molecule has 1 heterocycles. The van der Waals surface area contributed by atoms with E-state index in [0.29, 0.717) is 17.1 Å². The minimum absolute atomic E-state index is 0.00538. The summed E-state index contributed by atoms with van der Waals surface area (Å²) in [4.78, 5) is 26.9. The number of ether oxygens (including phenoxy) is 2. The molecular formula is C22H25NO4. The maximum atomic E-state index is 12.8. The lowest BCUT2D eigenvalue weighted by molar-refractivity contribution is -0.132. The van der Waals surface area contributed by atoms with Gasteiger partial charge < -0.3 is 14.4 Å². The van der Waals surface area contributed by atoms with Crippen LogP contribution in [0.2, 0.25) is 0 Å². The van der Waals surface area contributed by atoms with Crippen LogP contribution in [0.3, 0.4) is 0 Å². The van der Waals surface area contributed by atoms with Gasteiger partial charge in [0.2, 0.25) is 5.91 Å². The predicted octanol–water partition coefficient (Wildman–Crippen LogP) is 4.03. The molecule has 2 aromatic carbocycles. The van der Waals surface area contributed by atoms with Gasteiger partial charge in [-0.15, -0.1) is 0 Å². The van der Waals surface area contributed by atoms with E-state index in [0.717, 1.165) is 24.9 Å². The highest BCUT2D eigenvalue weighted by atomic mass is 16.5. The molecule has 5 heteroatoms. The zero-order valence-electron chi connectivity index (χ0n) is 15.8. The quantitative estimate of drug-likeness (QED) is 0.693. The molecule has 0 bridgehead atoms. The number of carbonyl (C=O) groups excluding carboxylic acids is 2. The van der Waals surface area contributed by atoms with E-state index in [9.17, 15) is 9.59 Å². The second-order valence-corrected chi connectivity index (χ2v) is 6.65. The van der Waals surface area contributed by atoms with Gasteiger partial charge in [0.15, 0.2) is 17.3 Å². The van der Waals surface area contributed by atoms with Crippen molar-refractivity contribution in [3.05, 3.63) is 59.7 Å². The van der Waals surface area contributed by atoms with Gasteiger partial charge >= 0.3 is 0 Å². The number of Topliss-reactive ketones (excluding diaryl/α,β-unsaturated/α-hetero) is 1. The van der Waals surface area contributed by atoms with Crippen LogP contribution < -0.4 is 9.47 Å². The van der Waals surface area contributed by atoms with Crippen molar-refractivity contribution in [3.8, 4) is 11.5 Å². The highest BCUT2D eigenvalue weighted by Gasteiger charge is 2.30. The van der Waals surface area contributed by atoms with Crippen LogP contribution in [0, 0.1) is 0 Å². The number of ketones is 1. The Morgan fingerprint density at radius 1 is 1.00 bits per heavy atom. The van der Waals surface area contributed by atoms with Crippen LogP contribution in [0.15, 0.2) is 48.5 Å². The second kappa shape index (κ2) is 8.71. The molecule has 2 aromatic rings. The molecule has 0 aliphatic carbocycles. The van der Waals surface area contributed by atoms with Crippen molar-refractivity contribution in [1.82, 2.24) is 4.90 Å². The Hall–Kier alpha value is -2.82. The number of hydrogen-bond acceptors (Lipinski definition) is 4. The van der Waals surface area contributed by atoms with Crippen LogP contribution in [0.5, 0.6) is 11.5 Å². The van der Waals surface area contributed by atoms with Crippen LogP contribution >= 0.6 is 0 Å². The zero-order valence-corrected chi connectivity index (χ0v) is 15.8. The van der Waals surface area contributed by atoms with Crippen molar-refractivity contribution in [2.45, 2.75) is 31.7 Å². The molecule has 1 atom stereocenters. The third kappa shape index (κ3) is 4.30. The van der Waals surface area contributed by atoms with Crippen molar-refractivity contribution < 1.29 is 19.1 Å². The van der Waals surface area contributed by atoms with Gasteiger partial charge in [0.05, 0.1) is 20.3 Å². The summed E-state index contributed by atoms with van der Waals surface area (Å²) in [6.45, 7) is 0.720. The second-order valence-electron chi connectivity index (χ2n) is 6.65. The highest BCUT2D eigenvalue weighted by molar-refractivity contribution is 5.97. The first-order valence-electron chi connectivity index (χ1n) is 9.23. The lowest BCUT2D eigenvalue weighted by Gasteiger charge is -2.25. The normalized spacial score (nSPS) is 16.2. The molecule has 27 heavy (non-hydrogen) atoms. The minimum Gasteiger partial charge on any atom is -0.493 e. The van der Waals surface area contributed by atoms with Crippen molar-refractivity contribution in [2.24, 2.45) is 0 Å². The summed E-state index contributed by atoms with van der Waals surface area (Å²) in [5, 5.41) is 0. The summed E-state index contributed by atoms with van der Waals surface area (Å²) < 4.78 is 10.7. The number of nitrogens with zero attached hydrogens (tertiary/aromatic N) is 1. The average Bonchev–Trinajstić information content (AvgIpc) is 3.21. The molecule has 0 saturated carbocycles. The zero-order chi connectivity index (χ0) is 19.2. The van der Waals surface area contributed by atoms with E-state index in [4.69, 9.17) is 9.47 Å². The van der Waals surface area contributed by atoms with E-state index < -0.39 is 0 Å². The van der Waals surface area contributed by atoms with Crippen LogP contribution in [0.1, 0.15) is 47.6 Å². The average molecular weight is 367 g/mol. The van der Waals surface area contributed by atoms with Gasteiger partial charge in [0.1, 0.15) is 0 Å². The Kier molecular flexibility index (Phi) is 6.12. The lowest BCUT2D eigenvalue weighted by atomic mass is 10.0. The lowest BCUT2D eigenvalue weighted by Crippen LogP contribution is -2.30. The van der Waals surface area contributed by atoms with Gasteiger partial charge in [-0.1, -0.05) is 36.4 Å². The van der Waals surface area contributed by atoms with E-state index in [2.05, 4.69) is 0 Å². The molecule has 1 amide bonds. The molecule has 0 radical (unpaired) electrons. The fraction of sp³-hybridized carbons (Fsp3) is 0.364. The molecule has 3 rings (SSSR count). The Morgan fingerprint density at radius 3 is 2.44 bits per heavy atom. The molecule has 1 aliphatic rings. The Balaban J connectivity index is 1.67. The molecule has 1 fully saturated rings. The molecular weight excluding hydrogens is 342 g/mol. The molecule has 1 saturated heterocycles. The maximum Gasteiger partial charge on any atom is 0.223 e. The van der Waals surface area contributed by atoms with E-state index in [1.54, 1.807) is 26.4 Å². The first-order chi connectivity index (χ1) is 13.1. The number of likely N-dealkylation sites (tertiary alicyclic amines) is 1. The number of hydrogen-bond donors (Lipinski definition) is 0. The number of benzene rings is 2. The summed E-state index contributed by atoms with van der Waals surface area (Å²) in [7, 11) is 3.21. The Morgan fingerprint density at radius 2 is 1.74 bits per heavy atom. The fourth-order valence-corrected chi connectivity index (χ4v) is 3.60. The standard InChI is InChI=1S/C22H25NO4/c1-26-20-12-10-17(15-21(20)27-2)18-9-6-14-23(18)22(25)13-11-19(24)16-7-4-3-5-8-16/h3-5,7-8,10,12,15,18H,6,9,11,13-14H2,1-2H3. The first-order valence-corrected chi connectivity index (χ1v) is 9.23. The van der Waals surface area contributed by atoms with Crippen molar-refractivity contribution in [2.75, 3.05) is 20.8 Å². The van der Waals surface area contributed by atoms with Gasteiger partial charge in [-0.3, -0.25) is 9.59 Å². The van der Waals surface area contributed by atoms with Gasteiger partial charge in [0, 0.05) is 24.9 Å². The summed E-state index contributed by atoms with van der Waals surface area (Å²) in [6, 6.07) is 14.9. The van der Waals surface area contributed by atoms with Gasteiger partial charge in [-0.2, -0.15) is 0 Å². The monoisotopic (exact) mass is 367 g/mol. The van der Waals surface area contributed by atoms with Gasteiger partial charge in [-0.25, -0.2) is 0 Å². The fourth-order valence-electron chi connectivity index (χ4n) is 3.60. The number of amides is 1. The molecule has 1 aliphatic heterocycles. The topological polar surface area (TPSA) is 55.8 Å². The van der Waals surface area contributed by atoms with E-state index in [1.807, 2.05) is 41.3 Å². The molecule has 1 unspecified atom stereocenters. The Bertz CT molecular complexity index is 803. The van der Waals surface area contributed by atoms with Crippen molar-refractivity contribution >= 4 is 11.7 Å². The highest BCUT2D eigenvalue weighted by Crippen LogP contribution is 2.37. The molecule has 0 aromatic heterocycles. The maximum absolute atomic E-state index is 12.8.